The molecule has 1 atom stereocenters. The van der Waals surface area contributed by atoms with Gasteiger partial charge in [-0.2, -0.15) is 0 Å². The summed E-state index contributed by atoms with van der Waals surface area (Å²) in [5, 5.41) is 14.0. The molecular formula is C13H20ClN5O3. The maximum Gasteiger partial charge on any atom is 0.287 e. The predicted molar refractivity (Wildman–Crippen MR) is 83.4 cm³/mol. The molecule has 2 saturated heterocycles. The third-order valence-electron chi connectivity index (χ3n) is 4.23. The van der Waals surface area contributed by atoms with Crippen molar-refractivity contribution in [2.45, 2.75) is 12.5 Å². The van der Waals surface area contributed by atoms with Gasteiger partial charge in [-0.1, -0.05) is 0 Å². The van der Waals surface area contributed by atoms with E-state index in [2.05, 4.69) is 15.2 Å². The molecule has 2 N–H and O–H groups in total. The van der Waals surface area contributed by atoms with Gasteiger partial charge in [0.05, 0.1) is 11.1 Å². The van der Waals surface area contributed by atoms with Gasteiger partial charge in [0.25, 0.3) is 11.6 Å². The second kappa shape index (κ2) is 7.08. The maximum atomic E-state index is 12.4. The van der Waals surface area contributed by atoms with E-state index in [0.29, 0.717) is 24.8 Å². The molecule has 0 spiro atoms. The number of amides is 1. The lowest BCUT2D eigenvalue weighted by molar-refractivity contribution is -0.384. The normalized spacial score (nSPS) is 22.4. The smallest absolute Gasteiger partial charge is 0.287 e. The number of nitro groups is 1. The number of aromatic amines is 1. The van der Waals surface area contributed by atoms with E-state index in [0.717, 1.165) is 32.6 Å². The third kappa shape index (κ3) is 3.40. The minimum Gasteiger partial charge on any atom is -0.351 e. The number of halogens is 1. The van der Waals surface area contributed by atoms with E-state index in [1.54, 1.807) is 4.90 Å². The number of nitrogens with zero attached hydrogens (tertiary/aromatic N) is 3. The van der Waals surface area contributed by atoms with Gasteiger partial charge in [0.1, 0.15) is 5.69 Å². The molecule has 0 saturated carbocycles. The molecule has 122 valence electrons. The molecule has 9 heteroatoms. The Morgan fingerprint density at radius 3 is 2.68 bits per heavy atom. The quantitative estimate of drug-likeness (QED) is 0.621. The van der Waals surface area contributed by atoms with Crippen LogP contribution in [0.2, 0.25) is 0 Å². The number of nitrogens with one attached hydrogen (secondary N) is 2. The van der Waals surface area contributed by atoms with Crippen molar-refractivity contribution in [1.29, 1.82) is 0 Å². The molecule has 0 radical (unpaired) electrons. The summed E-state index contributed by atoms with van der Waals surface area (Å²) in [5.74, 6) is -0.152. The van der Waals surface area contributed by atoms with Crippen molar-refractivity contribution in [3.8, 4) is 0 Å². The summed E-state index contributed by atoms with van der Waals surface area (Å²) in [7, 11) is 0. The Labute approximate surface area is 134 Å². The summed E-state index contributed by atoms with van der Waals surface area (Å²) >= 11 is 0. The van der Waals surface area contributed by atoms with Crippen molar-refractivity contribution < 1.29 is 9.72 Å². The van der Waals surface area contributed by atoms with Crippen LogP contribution in [0.15, 0.2) is 12.3 Å². The van der Waals surface area contributed by atoms with Gasteiger partial charge < -0.3 is 15.2 Å². The van der Waals surface area contributed by atoms with Crippen LogP contribution in [0.1, 0.15) is 16.9 Å². The summed E-state index contributed by atoms with van der Waals surface area (Å²) in [6, 6.07) is 1.71. The molecule has 8 nitrogen and oxygen atoms in total. The SMILES string of the molecule is Cl.O=C(c1cc([N+](=O)[O-])c[nH]1)N1CCC(N2CCNCC2)C1. The number of carbonyl (C=O) groups is 1. The van der Waals surface area contributed by atoms with Gasteiger partial charge in [-0.3, -0.25) is 19.8 Å². The van der Waals surface area contributed by atoms with Gasteiger partial charge in [-0.05, 0) is 6.42 Å². The molecule has 0 bridgehead atoms. The zero-order valence-corrected chi connectivity index (χ0v) is 13.0. The van der Waals surface area contributed by atoms with E-state index in [1.165, 1.54) is 12.3 Å². The highest BCUT2D eigenvalue weighted by atomic mass is 35.5. The molecule has 3 heterocycles. The summed E-state index contributed by atoms with van der Waals surface area (Å²) < 4.78 is 0. The fourth-order valence-corrected chi connectivity index (χ4v) is 3.05. The van der Waals surface area contributed by atoms with E-state index in [4.69, 9.17) is 0 Å². The first-order valence-corrected chi connectivity index (χ1v) is 7.22. The van der Waals surface area contributed by atoms with Gasteiger partial charge >= 0.3 is 0 Å². The largest absolute Gasteiger partial charge is 0.351 e. The maximum absolute atomic E-state index is 12.4. The lowest BCUT2D eigenvalue weighted by Crippen LogP contribution is -2.49. The first kappa shape index (κ1) is 16.7. The van der Waals surface area contributed by atoms with Gasteiger partial charge in [-0.25, -0.2) is 0 Å². The van der Waals surface area contributed by atoms with Crippen LogP contribution in [0.3, 0.4) is 0 Å². The van der Waals surface area contributed by atoms with Crippen LogP contribution in [-0.4, -0.2) is 70.9 Å². The summed E-state index contributed by atoms with van der Waals surface area (Å²) in [4.78, 5) is 29.4. The average molecular weight is 330 g/mol. The number of hydrogen-bond donors (Lipinski definition) is 2. The summed E-state index contributed by atoms with van der Waals surface area (Å²) in [5.41, 5.74) is 0.221. The number of aromatic nitrogens is 1. The van der Waals surface area contributed by atoms with E-state index < -0.39 is 4.92 Å². The minimum absolute atomic E-state index is 0. The number of rotatable bonds is 3. The summed E-state index contributed by atoms with van der Waals surface area (Å²) in [6.45, 7) is 5.42. The highest BCUT2D eigenvalue weighted by Crippen LogP contribution is 2.20. The Hall–Kier alpha value is -1.64. The van der Waals surface area contributed by atoms with Crippen molar-refractivity contribution in [3.63, 3.8) is 0 Å². The van der Waals surface area contributed by atoms with Gasteiger partial charge in [0.15, 0.2) is 0 Å². The molecule has 0 aliphatic carbocycles. The molecular weight excluding hydrogens is 310 g/mol. The van der Waals surface area contributed by atoms with Crippen LogP contribution >= 0.6 is 12.4 Å². The van der Waals surface area contributed by atoms with Crippen LogP contribution in [-0.2, 0) is 0 Å². The number of piperazine rings is 1. The Morgan fingerprint density at radius 2 is 2.05 bits per heavy atom. The molecule has 1 unspecified atom stereocenters. The van der Waals surface area contributed by atoms with E-state index in [9.17, 15) is 14.9 Å². The summed E-state index contributed by atoms with van der Waals surface area (Å²) in [6.07, 6.45) is 2.23. The highest BCUT2D eigenvalue weighted by molar-refractivity contribution is 5.93. The Kier molecular flexibility index (Phi) is 5.38. The minimum atomic E-state index is -0.499. The standard InChI is InChI=1S/C13H19N5O3.ClH/c19-13(12-7-11(8-15-12)18(20)21)17-4-1-10(9-17)16-5-2-14-3-6-16;/h7-8,10,14-15H,1-6,9H2;1H. The Bertz CT molecular complexity index is 544. The fourth-order valence-electron chi connectivity index (χ4n) is 3.05. The predicted octanol–water partition coefficient (Wildman–Crippen LogP) is 0.464. The molecule has 0 aromatic carbocycles. The molecule has 2 aliphatic rings. The van der Waals surface area contributed by atoms with Gasteiger partial charge in [0, 0.05) is 51.4 Å². The van der Waals surface area contributed by atoms with Crippen LogP contribution < -0.4 is 5.32 Å². The third-order valence-corrected chi connectivity index (χ3v) is 4.23. The molecule has 1 aromatic rings. The first-order valence-electron chi connectivity index (χ1n) is 7.22. The van der Waals surface area contributed by atoms with Crippen LogP contribution in [0, 0.1) is 10.1 Å². The molecule has 1 aromatic heterocycles. The van der Waals surface area contributed by atoms with Crippen molar-refractivity contribution in [2.75, 3.05) is 39.3 Å². The van der Waals surface area contributed by atoms with Crippen molar-refractivity contribution in [3.05, 3.63) is 28.1 Å². The second-order valence-electron chi connectivity index (χ2n) is 5.51. The van der Waals surface area contributed by atoms with Crippen molar-refractivity contribution in [2.24, 2.45) is 0 Å². The molecule has 3 rings (SSSR count). The Balaban J connectivity index is 0.00000176. The lowest BCUT2D eigenvalue weighted by atomic mass is 10.2. The van der Waals surface area contributed by atoms with Crippen molar-refractivity contribution >= 4 is 24.0 Å². The van der Waals surface area contributed by atoms with Gasteiger partial charge in [-0.15, -0.1) is 12.4 Å². The van der Waals surface area contributed by atoms with E-state index in [1.807, 2.05) is 0 Å². The number of likely N-dealkylation sites (tertiary alicyclic amines) is 1. The van der Waals surface area contributed by atoms with Crippen LogP contribution in [0.4, 0.5) is 5.69 Å². The fraction of sp³-hybridized carbons (Fsp3) is 0.615. The number of hydrogen-bond acceptors (Lipinski definition) is 5. The zero-order chi connectivity index (χ0) is 14.8. The van der Waals surface area contributed by atoms with E-state index >= 15 is 0 Å². The van der Waals surface area contributed by atoms with Gasteiger partial charge in [0.2, 0.25) is 0 Å². The number of carbonyl (C=O) groups excluding carboxylic acids is 1. The first-order chi connectivity index (χ1) is 10.1. The van der Waals surface area contributed by atoms with Crippen LogP contribution in [0.25, 0.3) is 0 Å². The van der Waals surface area contributed by atoms with Crippen LogP contribution in [0.5, 0.6) is 0 Å². The van der Waals surface area contributed by atoms with E-state index in [-0.39, 0.29) is 24.0 Å². The lowest BCUT2D eigenvalue weighted by Gasteiger charge is -2.32. The molecule has 2 aliphatic heterocycles. The molecule has 22 heavy (non-hydrogen) atoms. The monoisotopic (exact) mass is 329 g/mol. The zero-order valence-electron chi connectivity index (χ0n) is 12.2. The second-order valence-corrected chi connectivity index (χ2v) is 5.51. The highest BCUT2D eigenvalue weighted by Gasteiger charge is 2.32. The average Bonchev–Trinajstić information content (AvgIpc) is 3.17. The molecule has 1 amide bonds. The molecule has 2 fully saturated rings. The van der Waals surface area contributed by atoms with Crippen molar-refractivity contribution in [1.82, 2.24) is 20.1 Å². The number of H-pyrrole nitrogens is 1. The Morgan fingerprint density at radius 1 is 1.32 bits per heavy atom. The topological polar surface area (TPSA) is 94.5 Å².